The molecule has 4 nitrogen and oxygen atoms in total. The van der Waals surface area contributed by atoms with Crippen LogP contribution in [0.5, 0.6) is 0 Å². The Bertz CT molecular complexity index is 522. The molecule has 0 unspecified atom stereocenters. The maximum absolute atomic E-state index is 13.0. The van der Waals surface area contributed by atoms with E-state index in [2.05, 4.69) is 5.32 Å². The molecule has 1 aromatic rings. The van der Waals surface area contributed by atoms with Gasteiger partial charge in [0.15, 0.2) is 0 Å². The summed E-state index contributed by atoms with van der Waals surface area (Å²) < 4.78 is 13.0. The molecular formula is C15H18FNO3. The summed E-state index contributed by atoms with van der Waals surface area (Å²) in [4.78, 5) is 23.0. The fourth-order valence-electron chi connectivity index (χ4n) is 2.60. The van der Waals surface area contributed by atoms with Crippen molar-refractivity contribution in [2.45, 2.75) is 32.6 Å². The molecule has 0 aliphatic heterocycles. The van der Waals surface area contributed by atoms with E-state index in [1.807, 2.05) is 0 Å². The number of anilines is 1. The van der Waals surface area contributed by atoms with Crippen molar-refractivity contribution in [3.8, 4) is 0 Å². The number of benzene rings is 1. The average Bonchev–Trinajstić information content (AvgIpc) is 2.42. The highest BCUT2D eigenvalue weighted by Gasteiger charge is 2.29. The smallest absolute Gasteiger partial charge is 0.306 e. The maximum atomic E-state index is 13.0. The Balaban J connectivity index is 1.94. The van der Waals surface area contributed by atoms with Gasteiger partial charge in [0, 0.05) is 11.6 Å². The number of amides is 1. The number of halogens is 1. The van der Waals surface area contributed by atoms with Crippen LogP contribution < -0.4 is 5.32 Å². The largest absolute Gasteiger partial charge is 0.481 e. The molecule has 0 aromatic heterocycles. The van der Waals surface area contributed by atoms with Gasteiger partial charge in [-0.2, -0.15) is 0 Å². The highest BCUT2D eigenvalue weighted by Crippen LogP contribution is 2.30. The number of nitrogens with one attached hydrogen (secondary N) is 1. The van der Waals surface area contributed by atoms with Gasteiger partial charge in [0.1, 0.15) is 5.82 Å². The second kappa shape index (κ2) is 6.03. The zero-order chi connectivity index (χ0) is 14.7. The van der Waals surface area contributed by atoms with Gasteiger partial charge < -0.3 is 10.4 Å². The van der Waals surface area contributed by atoms with Crippen molar-refractivity contribution in [2.24, 2.45) is 11.8 Å². The van der Waals surface area contributed by atoms with E-state index in [1.165, 1.54) is 12.1 Å². The average molecular weight is 279 g/mol. The Hall–Kier alpha value is -1.91. The summed E-state index contributed by atoms with van der Waals surface area (Å²) in [6.45, 7) is 1.74. The minimum atomic E-state index is -0.779. The Morgan fingerprint density at radius 3 is 2.35 bits per heavy atom. The van der Waals surface area contributed by atoms with E-state index in [4.69, 9.17) is 5.11 Å². The van der Waals surface area contributed by atoms with E-state index in [1.54, 1.807) is 13.0 Å². The fraction of sp³-hybridized carbons (Fsp3) is 0.467. The molecule has 1 aromatic carbocycles. The highest BCUT2D eigenvalue weighted by atomic mass is 19.1. The van der Waals surface area contributed by atoms with Crippen molar-refractivity contribution in [1.29, 1.82) is 0 Å². The van der Waals surface area contributed by atoms with Crippen molar-refractivity contribution in [2.75, 3.05) is 5.32 Å². The van der Waals surface area contributed by atoms with Gasteiger partial charge in [-0.05, 0) is 56.4 Å². The number of aliphatic carboxylic acids is 1. The third kappa shape index (κ3) is 3.35. The van der Waals surface area contributed by atoms with Gasteiger partial charge >= 0.3 is 5.97 Å². The molecule has 0 saturated heterocycles. The van der Waals surface area contributed by atoms with Crippen LogP contribution in [0.4, 0.5) is 10.1 Å². The summed E-state index contributed by atoms with van der Waals surface area (Å²) in [7, 11) is 0. The lowest BCUT2D eigenvalue weighted by Gasteiger charge is -2.25. The Labute approximate surface area is 117 Å². The lowest BCUT2D eigenvalue weighted by molar-refractivity contribution is -0.143. The molecule has 108 valence electrons. The van der Waals surface area contributed by atoms with E-state index in [9.17, 15) is 14.0 Å². The molecule has 0 heterocycles. The number of carboxylic acid groups (broad SMARTS) is 1. The molecule has 1 fully saturated rings. The first-order valence-electron chi connectivity index (χ1n) is 6.77. The van der Waals surface area contributed by atoms with Gasteiger partial charge in [-0.1, -0.05) is 0 Å². The van der Waals surface area contributed by atoms with Gasteiger partial charge in [0.25, 0.3) is 0 Å². The summed E-state index contributed by atoms with van der Waals surface area (Å²) in [6.07, 6.45) is 2.25. The van der Waals surface area contributed by atoms with E-state index >= 15 is 0 Å². The number of carbonyl (C=O) groups is 2. The minimum absolute atomic E-state index is 0.108. The molecule has 1 saturated carbocycles. The monoisotopic (exact) mass is 279 g/mol. The zero-order valence-electron chi connectivity index (χ0n) is 11.4. The number of aryl methyl sites for hydroxylation is 1. The van der Waals surface area contributed by atoms with E-state index in [0.717, 1.165) is 0 Å². The predicted molar refractivity (Wildman–Crippen MR) is 72.9 cm³/mol. The van der Waals surface area contributed by atoms with E-state index < -0.39 is 5.97 Å². The number of carboxylic acids is 1. The number of rotatable bonds is 3. The Morgan fingerprint density at radius 1 is 1.20 bits per heavy atom. The minimum Gasteiger partial charge on any atom is -0.481 e. The number of hydrogen-bond donors (Lipinski definition) is 2. The molecule has 1 amide bonds. The second-order valence-electron chi connectivity index (χ2n) is 5.34. The Morgan fingerprint density at radius 2 is 1.80 bits per heavy atom. The van der Waals surface area contributed by atoms with Crippen LogP contribution >= 0.6 is 0 Å². The van der Waals surface area contributed by atoms with Gasteiger partial charge in [-0.3, -0.25) is 9.59 Å². The van der Waals surface area contributed by atoms with Gasteiger partial charge in [-0.15, -0.1) is 0 Å². The van der Waals surface area contributed by atoms with Crippen LogP contribution in [0.15, 0.2) is 18.2 Å². The predicted octanol–water partition coefficient (Wildman–Crippen LogP) is 2.96. The third-order valence-electron chi connectivity index (χ3n) is 3.89. The van der Waals surface area contributed by atoms with Crippen LogP contribution in [0.1, 0.15) is 31.2 Å². The molecule has 1 aliphatic carbocycles. The second-order valence-corrected chi connectivity index (χ2v) is 5.34. The molecule has 5 heteroatoms. The lowest BCUT2D eigenvalue weighted by Crippen LogP contribution is -2.29. The summed E-state index contributed by atoms with van der Waals surface area (Å²) >= 11 is 0. The molecule has 0 spiro atoms. The van der Waals surface area contributed by atoms with E-state index in [-0.39, 0.29) is 23.6 Å². The molecule has 0 radical (unpaired) electrons. The Kier molecular flexibility index (Phi) is 4.37. The topological polar surface area (TPSA) is 66.4 Å². The molecule has 0 bridgehead atoms. The standard InChI is InChI=1S/C15H18FNO3/c1-9-8-12(16)6-7-13(9)17-14(18)10-2-4-11(5-3-10)15(19)20/h6-8,10-11H,2-5H2,1H3,(H,17,18)(H,19,20). The summed E-state index contributed by atoms with van der Waals surface area (Å²) in [5, 5.41) is 11.7. The molecule has 0 atom stereocenters. The van der Waals surface area contributed by atoms with Crippen molar-refractivity contribution >= 4 is 17.6 Å². The normalized spacial score (nSPS) is 22.3. The van der Waals surface area contributed by atoms with Crippen LogP contribution in [-0.2, 0) is 9.59 Å². The number of hydrogen-bond acceptors (Lipinski definition) is 2. The first-order valence-corrected chi connectivity index (χ1v) is 6.77. The quantitative estimate of drug-likeness (QED) is 0.894. The lowest BCUT2D eigenvalue weighted by atomic mass is 9.81. The van der Waals surface area contributed by atoms with Crippen LogP contribution in [-0.4, -0.2) is 17.0 Å². The van der Waals surface area contributed by atoms with Gasteiger partial charge in [0.2, 0.25) is 5.91 Å². The van der Waals surface area contributed by atoms with Crippen molar-refractivity contribution in [3.63, 3.8) is 0 Å². The van der Waals surface area contributed by atoms with Crippen LogP contribution in [0.3, 0.4) is 0 Å². The van der Waals surface area contributed by atoms with Crippen molar-refractivity contribution in [1.82, 2.24) is 0 Å². The van der Waals surface area contributed by atoms with Crippen LogP contribution in [0.25, 0.3) is 0 Å². The van der Waals surface area contributed by atoms with E-state index in [0.29, 0.717) is 36.9 Å². The zero-order valence-corrected chi connectivity index (χ0v) is 11.4. The fourth-order valence-corrected chi connectivity index (χ4v) is 2.60. The van der Waals surface area contributed by atoms with Gasteiger partial charge in [0.05, 0.1) is 5.92 Å². The maximum Gasteiger partial charge on any atom is 0.306 e. The number of carbonyl (C=O) groups excluding carboxylic acids is 1. The van der Waals surface area contributed by atoms with Crippen molar-refractivity contribution in [3.05, 3.63) is 29.6 Å². The molecule has 2 rings (SSSR count). The molecule has 2 N–H and O–H groups in total. The van der Waals surface area contributed by atoms with Crippen molar-refractivity contribution < 1.29 is 19.1 Å². The summed E-state index contributed by atoms with van der Waals surface area (Å²) in [5.41, 5.74) is 1.29. The summed E-state index contributed by atoms with van der Waals surface area (Å²) in [5.74, 6) is -1.70. The van der Waals surface area contributed by atoms with Gasteiger partial charge in [-0.25, -0.2) is 4.39 Å². The van der Waals surface area contributed by atoms with Crippen LogP contribution in [0, 0.1) is 24.6 Å². The first kappa shape index (κ1) is 14.5. The molecule has 1 aliphatic rings. The SMILES string of the molecule is Cc1cc(F)ccc1NC(=O)C1CCC(C(=O)O)CC1. The summed E-state index contributed by atoms with van der Waals surface area (Å²) in [6, 6.07) is 4.23. The molecular weight excluding hydrogens is 261 g/mol. The molecule has 20 heavy (non-hydrogen) atoms. The third-order valence-corrected chi connectivity index (χ3v) is 3.89. The first-order chi connectivity index (χ1) is 9.47. The van der Waals surface area contributed by atoms with Crippen LogP contribution in [0.2, 0.25) is 0 Å². The highest BCUT2D eigenvalue weighted by molar-refractivity contribution is 5.93.